The summed E-state index contributed by atoms with van der Waals surface area (Å²) in [6.45, 7) is 1.95. The monoisotopic (exact) mass is 471 g/mol. The van der Waals surface area contributed by atoms with E-state index >= 15 is 0 Å². The molecule has 1 aliphatic heterocycles. The molecule has 0 spiro atoms. The van der Waals surface area contributed by atoms with E-state index in [-0.39, 0.29) is 17.7 Å². The fourth-order valence-electron chi connectivity index (χ4n) is 6.01. The zero-order valence-corrected chi connectivity index (χ0v) is 18.3. The van der Waals surface area contributed by atoms with Crippen LogP contribution in [0.1, 0.15) is 33.7 Å². The summed E-state index contributed by atoms with van der Waals surface area (Å²) < 4.78 is 0.833. The molecular formula is C26H18BrNO3. The molecule has 2 amide bonds. The minimum absolute atomic E-state index is 0.231. The standard InChI is InChI=1S/C26H18BrNO3/c1-14-10-11-15(12-20(14)27)28-24(30)22-21-16-6-2-4-8-18(16)26(13-29,23(22)25(28)31)19-9-5-3-7-17(19)21/h2-13,21-23H,1H3/t21?,22-,23+,26?/m1/s1. The van der Waals surface area contributed by atoms with Crippen molar-refractivity contribution in [1.29, 1.82) is 0 Å². The van der Waals surface area contributed by atoms with Crippen molar-refractivity contribution in [2.24, 2.45) is 11.8 Å². The summed E-state index contributed by atoms with van der Waals surface area (Å²) in [4.78, 5) is 41.8. The topological polar surface area (TPSA) is 54.5 Å². The molecule has 4 aliphatic rings. The van der Waals surface area contributed by atoms with Crippen LogP contribution in [-0.4, -0.2) is 18.1 Å². The number of carbonyl (C=O) groups excluding carboxylic acids is 3. The number of halogens is 1. The van der Waals surface area contributed by atoms with Crippen molar-refractivity contribution < 1.29 is 14.4 Å². The van der Waals surface area contributed by atoms with Crippen LogP contribution in [0, 0.1) is 18.8 Å². The lowest BCUT2D eigenvalue weighted by atomic mass is 9.48. The molecule has 152 valence electrons. The van der Waals surface area contributed by atoms with Crippen LogP contribution in [0.15, 0.2) is 71.2 Å². The minimum Gasteiger partial charge on any atom is -0.302 e. The van der Waals surface area contributed by atoms with Crippen LogP contribution in [0.4, 0.5) is 5.69 Å². The van der Waals surface area contributed by atoms with E-state index in [0.29, 0.717) is 5.69 Å². The van der Waals surface area contributed by atoms with E-state index < -0.39 is 17.3 Å². The van der Waals surface area contributed by atoms with Gasteiger partial charge < -0.3 is 4.79 Å². The highest BCUT2D eigenvalue weighted by molar-refractivity contribution is 9.10. The molecule has 7 rings (SSSR count). The zero-order valence-electron chi connectivity index (χ0n) is 16.7. The number of benzene rings is 3. The van der Waals surface area contributed by atoms with Crippen molar-refractivity contribution in [3.63, 3.8) is 0 Å². The highest BCUT2D eigenvalue weighted by Gasteiger charge is 2.68. The number of aldehydes is 1. The molecule has 1 fully saturated rings. The molecule has 2 bridgehead atoms. The fraction of sp³-hybridized carbons (Fsp3) is 0.192. The second kappa shape index (κ2) is 6.24. The molecule has 4 nitrogen and oxygen atoms in total. The van der Waals surface area contributed by atoms with Gasteiger partial charge in [0.15, 0.2) is 0 Å². The molecule has 0 radical (unpaired) electrons. The number of aryl methyl sites for hydroxylation is 1. The second-order valence-corrected chi connectivity index (χ2v) is 9.44. The number of amides is 2. The summed E-state index contributed by atoms with van der Waals surface area (Å²) in [6, 6.07) is 21.0. The second-order valence-electron chi connectivity index (χ2n) is 8.59. The van der Waals surface area contributed by atoms with Crippen LogP contribution >= 0.6 is 15.9 Å². The molecule has 3 aromatic carbocycles. The molecule has 1 saturated heterocycles. The largest absolute Gasteiger partial charge is 0.302 e. The predicted octanol–water partition coefficient (Wildman–Crippen LogP) is 4.51. The first-order chi connectivity index (χ1) is 15.0. The molecule has 0 N–H and O–H groups in total. The van der Waals surface area contributed by atoms with Crippen molar-refractivity contribution >= 4 is 39.7 Å². The molecule has 0 aromatic heterocycles. The first-order valence-corrected chi connectivity index (χ1v) is 11.1. The Morgan fingerprint density at radius 3 is 2.10 bits per heavy atom. The van der Waals surface area contributed by atoms with Gasteiger partial charge in [-0.1, -0.05) is 70.5 Å². The number of imide groups is 1. The summed E-state index contributed by atoms with van der Waals surface area (Å²) in [5.41, 5.74) is 4.05. The van der Waals surface area contributed by atoms with E-state index in [4.69, 9.17) is 0 Å². The number of carbonyl (C=O) groups is 3. The summed E-state index contributed by atoms with van der Waals surface area (Å²) in [5.74, 6) is -2.11. The van der Waals surface area contributed by atoms with Gasteiger partial charge in [0.1, 0.15) is 6.29 Å². The van der Waals surface area contributed by atoms with Crippen molar-refractivity contribution in [1.82, 2.24) is 0 Å². The fourth-order valence-corrected chi connectivity index (χ4v) is 6.37. The molecular weight excluding hydrogens is 454 g/mol. The minimum atomic E-state index is -1.16. The Hall–Kier alpha value is -3.05. The lowest BCUT2D eigenvalue weighted by molar-refractivity contribution is -0.128. The Bertz CT molecular complexity index is 1270. The third-order valence-corrected chi connectivity index (χ3v) is 8.14. The van der Waals surface area contributed by atoms with E-state index in [9.17, 15) is 14.4 Å². The van der Waals surface area contributed by atoms with E-state index in [0.717, 1.165) is 38.6 Å². The van der Waals surface area contributed by atoms with E-state index in [1.54, 1.807) is 12.1 Å². The van der Waals surface area contributed by atoms with Gasteiger partial charge in [-0.3, -0.25) is 9.59 Å². The van der Waals surface area contributed by atoms with Crippen LogP contribution < -0.4 is 4.90 Å². The number of nitrogens with zero attached hydrogens (tertiary/aromatic N) is 1. The summed E-state index contributed by atoms with van der Waals surface area (Å²) in [7, 11) is 0. The van der Waals surface area contributed by atoms with Crippen molar-refractivity contribution in [2.45, 2.75) is 18.3 Å². The van der Waals surface area contributed by atoms with Gasteiger partial charge in [0.05, 0.1) is 22.9 Å². The summed E-state index contributed by atoms with van der Waals surface area (Å²) in [5, 5.41) is 0. The third kappa shape index (κ3) is 2.12. The molecule has 1 heterocycles. The van der Waals surface area contributed by atoms with E-state index in [2.05, 4.69) is 15.9 Å². The number of anilines is 1. The molecule has 3 aliphatic carbocycles. The average Bonchev–Trinajstić information content (AvgIpc) is 3.07. The molecule has 31 heavy (non-hydrogen) atoms. The summed E-state index contributed by atoms with van der Waals surface area (Å²) >= 11 is 3.51. The summed E-state index contributed by atoms with van der Waals surface area (Å²) in [6.07, 6.45) is 0.900. The molecule has 5 heteroatoms. The third-order valence-electron chi connectivity index (χ3n) is 7.28. The lowest BCUT2D eigenvalue weighted by Crippen LogP contribution is -2.54. The van der Waals surface area contributed by atoms with E-state index in [1.165, 1.54) is 4.90 Å². The zero-order chi connectivity index (χ0) is 21.5. The Balaban J connectivity index is 1.63. The predicted molar refractivity (Wildman–Crippen MR) is 120 cm³/mol. The molecule has 0 saturated carbocycles. The Kier molecular flexibility index (Phi) is 3.76. The van der Waals surface area contributed by atoms with Crippen LogP contribution in [0.25, 0.3) is 0 Å². The first kappa shape index (κ1) is 18.7. The normalized spacial score (nSPS) is 27.7. The average molecular weight is 472 g/mol. The van der Waals surface area contributed by atoms with Gasteiger partial charge in [-0.15, -0.1) is 0 Å². The van der Waals surface area contributed by atoms with Crippen molar-refractivity contribution in [3.05, 3.63) is 99.0 Å². The molecule has 0 unspecified atom stereocenters. The Morgan fingerprint density at radius 1 is 0.903 bits per heavy atom. The van der Waals surface area contributed by atoms with Gasteiger partial charge in [-0.25, -0.2) is 4.90 Å². The van der Waals surface area contributed by atoms with Gasteiger partial charge in [-0.2, -0.15) is 0 Å². The maximum Gasteiger partial charge on any atom is 0.239 e. The molecule has 3 aromatic rings. The number of rotatable bonds is 2. The first-order valence-electron chi connectivity index (χ1n) is 10.3. The van der Waals surface area contributed by atoms with Gasteiger partial charge >= 0.3 is 0 Å². The van der Waals surface area contributed by atoms with Gasteiger partial charge in [0.2, 0.25) is 11.8 Å². The van der Waals surface area contributed by atoms with Crippen molar-refractivity contribution in [2.75, 3.05) is 4.90 Å². The van der Waals surface area contributed by atoms with Crippen LogP contribution in [0.5, 0.6) is 0 Å². The van der Waals surface area contributed by atoms with Crippen LogP contribution in [-0.2, 0) is 19.8 Å². The number of hydrogen-bond donors (Lipinski definition) is 0. The van der Waals surface area contributed by atoms with Gasteiger partial charge in [0, 0.05) is 10.4 Å². The maximum absolute atomic E-state index is 13.9. The van der Waals surface area contributed by atoms with Crippen molar-refractivity contribution in [3.8, 4) is 0 Å². The highest BCUT2D eigenvalue weighted by atomic mass is 79.9. The van der Waals surface area contributed by atoms with Gasteiger partial charge in [-0.05, 0) is 46.9 Å². The Morgan fingerprint density at radius 2 is 1.52 bits per heavy atom. The number of hydrogen-bond acceptors (Lipinski definition) is 3. The smallest absolute Gasteiger partial charge is 0.239 e. The van der Waals surface area contributed by atoms with Crippen LogP contribution in [0.3, 0.4) is 0 Å². The van der Waals surface area contributed by atoms with Gasteiger partial charge in [0.25, 0.3) is 0 Å². The quantitative estimate of drug-likeness (QED) is 0.408. The highest BCUT2D eigenvalue weighted by Crippen LogP contribution is 2.63. The SMILES string of the molecule is Cc1ccc(N2C(=O)[C@@H]3C4c5ccccc5C(C=O)(c5ccccc54)[C@@H]3C2=O)cc1Br. The van der Waals surface area contributed by atoms with Crippen LogP contribution in [0.2, 0.25) is 0 Å². The Labute approximate surface area is 188 Å². The maximum atomic E-state index is 13.9. The van der Waals surface area contributed by atoms with E-state index in [1.807, 2.05) is 61.5 Å². The lowest BCUT2D eigenvalue weighted by Gasteiger charge is -2.51. The molecule has 2 atom stereocenters.